The highest BCUT2D eigenvalue weighted by atomic mass is 16.6. The number of nitrogens with zero attached hydrogens (tertiary/aromatic N) is 3. The maximum Gasteiger partial charge on any atom is 0.274 e. The van der Waals surface area contributed by atoms with E-state index in [0.717, 1.165) is 22.5 Å². The largest absolute Gasteiger partial charge is 0.382 e. The lowest BCUT2D eigenvalue weighted by molar-refractivity contribution is -0.385. The Kier molecular flexibility index (Phi) is 3.13. The van der Waals surface area contributed by atoms with Crippen LogP contribution in [-0.4, -0.2) is 21.3 Å². The van der Waals surface area contributed by atoms with Crippen molar-refractivity contribution >= 4 is 11.5 Å². The van der Waals surface area contributed by atoms with Crippen LogP contribution in [0.15, 0.2) is 12.1 Å². The Hall–Kier alpha value is -2.41. The number of ether oxygens (including phenoxy) is 1. The third kappa shape index (κ3) is 2.06. The Bertz CT molecular complexity index is 736. The summed E-state index contributed by atoms with van der Waals surface area (Å²) in [5.41, 5.74) is 10.2. The summed E-state index contributed by atoms with van der Waals surface area (Å²) < 4.78 is 7.15. The van der Waals surface area contributed by atoms with Crippen molar-refractivity contribution in [2.75, 3.05) is 12.3 Å². The highest BCUT2D eigenvalue weighted by molar-refractivity contribution is 5.59. The first-order valence-corrected chi connectivity index (χ1v) is 6.69. The topological polar surface area (TPSA) is 96.2 Å². The van der Waals surface area contributed by atoms with Gasteiger partial charge in [0.25, 0.3) is 5.69 Å². The van der Waals surface area contributed by atoms with Crippen molar-refractivity contribution in [3.8, 4) is 5.69 Å². The third-order valence-corrected chi connectivity index (χ3v) is 3.86. The smallest absolute Gasteiger partial charge is 0.274 e. The molecule has 0 saturated carbocycles. The van der Waals surface area contributed by atoms with Crippen molar-refractivity contribution in [2.24, 2.45) is 0 Å². The summed E-state index contributed by atoms with van der Waals surface area (Å²) in [6.07, 6.45) is 0.696. The van der Waals surface area contributed by atoms with E-state index in [9.17, 15) is 10.1 Å². The van der Waals surface area contributed by atoms with Gasteiger partial charge in [0.15, 0.2) is 5.82 Å². The van der Waals surface area contributed by atoms with Crippen LogP contribution in [-0.2, 0) is 17.8 Å². The SMILES string of the molecule is Cc1ccc([N+](=O)[O-])c(C)c1-n1nc(N)c2c1CCOC2. The number of rotatable bonds is 2. The highest BCUT2D eigenvalue weighted by Gasteiger charge is 2.24. The summed E-state index contributed by atoms with van der Waals surface area (Å²) in [6.45, 7) is 4.69. The van der Waals surface area contributed by atoms with E-state index in [2.05, 4.69) is 5.10 Å². The van der Waals surface area contributed by atoms with Gasteiger partial charge in [0.1, 0.15) is 0 Å². The molecule has 7 nitrogen and oxygen atoms in total. The maximum atomic E-state index is 11.1. The lowest BCUT2D eigenvalue weighted by atomic mass is 10.1. The van der Waals surface area contributed by atoms with Gasteiger partial charge in [-0.1, -0.05) is 6.07 Å². The number of fused-ring (bicyclic) bond motifs is 1. The minimum absolute atomic E-state index is 0.0884. The van der Waals surface area contributed by atoms with E-state index in [0.29, 0.717) is 31.0 Å². The monoisotopic (exact) mass is 288 g/mol. The van der Waals surface area contributed by atoms with E-state index in [1.54, 1.807) is 17.7 Å². The van der Waals surface area contributed by atoms with Gasteiger partial charge in [0, 0.05) is 18.1 Å². The van der Waals surface area contributed by atoms with Crippen molar-refractivity contribution < 1.29 is 9.66 Å². The summed E-state index contributed by atoms with van der Waals surface area (Å²) in [6, 6.07) is 3.26. The first kappa shape index (κ1) is 13.6. The van der Waals surface area contributed by atoms with Crippen LogP contribution in [0.3, 0.4) is 0 Å². The fraction of sp³-hybridized carbons (Fsp3) is 0.357. The van der Waals surface area contributed by atoms with Crippen LogP contribution in [0.4, 0.5) is 11.5 Å². The Morgan fingerprint density at radius 3 is 2.90 bits per heavy atom. The zero-order valence-electron chi connectivity index (χ0n) is 11.9. The normalized spacial score (nSPS) is 14.0. The molecule has 1 aliphatic rings. The van der Waals surface area contributed by atoms with Gasteiger partial charge in [-0.05, 0) is 19.4 Å². The fourth-order valence-corrected chi connectivity index (χ4v) is 2.79. The molecule has 0 radical (unpaired) electrons. The van der Waals surface area contributed by atoms with Crippen LogP contribution < -0.4 is 5.73 Å². The summed E-state index contributed by atoms with van der Waals surface area (Å²) in [7, 11) is 0. The number of hydrogen-bond acceptors (Lipinski definition) is 5. The molecule has 1 aromatic heterocycles. The molecule has 7 heteroatoms. The minimum atomic E-state index is -0.374. The molecule has 0 unspecified atom stereocenters. The molecule has 21 heavy (non-hydrogen) atoms. The molecular weight excluding hydrogens is 272 g/mol. The van der Waals surface area contributed by atoms with E-state index in [1.807, 2.05) is 6.92 Å². The predicted octanol–water partition coefficient (Wildman–Crippen LogP) is 2.05. The summed E-state index contributed by atoms with van der Waals surface area (Å²) in [5.74, 6) is 0.426. The molecule has 3 rings (SSSR count). The number of nitro groups is 1. The van der Waals surface area contributed by atoms with Crippen molar-refractivity contribution in [3.63, 3.8) is 0 Å². The summed E-state index contributed by atoms with van der Waals surface area (Å²) >= 11 is 0. The average Bonchev–Trinajstić information content (AvgIpc) is 2.76. The van der Waals surface area contributed by atoms with Crippen LogP contribution in [0.5, 0.6) is 0 Å². The quantitative estimate of drug-likeness (QED) is 0.674. The number of nitro benzene ring substituents is 1. The Morgan fingerprint density at radius 1 is 1.43 bits per heavy atom. The number of aromatic nitrogens is 2. The Morgan fingerprint density at radius 2 is 2.19 bits per heavy atom. The summed E-state index contributed by atoms with van der Waals surface area (Å²) in [5, 5.41) is 15.5. The molecule has 2 N–H and O–H groups in total. The van der Waals surface area contributed by atoms with Crippen molar-refractivity contribution in [1.82, 2.24) is 9.78 Å². The van der Waals surface area contributed by atoms with E-state index in [4.69, 9.17) is 10.5 Å². The highest BCUT2D eigenvalue weighted by Crippen LogP contribution is 2.31. The van der Waals surface area contributed by atoms with E-state index in [-0.39, 0.29) is 10.6 Å². The van der Waals surface area contributed by atoms with Crippen LogP contribution in [0.2, 0.25) is 0 Å². The number of aryl methyl sites for hydroxylation is 1. The molecule has 1 aromatic carbocycles. The van der Waals surface area contributed by atoms with Gasteiger partial charge in [-0.25, -0.2) is 4.68 Å². The van der Waals surface area contributed by atoms with Gasteiger partial charge in [-0.3, -0.25) is 10.1 Å². The molecule has 2 heterocycles. The Balaban J connectivity index is 2.26. The van der Waals surface area contributed by atoms with Crippen LogP contribution >= 0.6 is 0 Å². The first-order valence-electron chi connectivity index (χ1n) is 6.69. The number of benzene rings is 1. The second-order valence-corrected chi connectivity index (χ2v) is 5.16. The molecular formula is C14H16N4O3. The number of anilines is 1. The van der Waals surface area contributed by atoms with E-state index < -0.39 is 0 Å². The van der Waals surface area contributed by atoms with Crippen LogP contribution in [0.25, 0.3) is 5.69 Å². The van der Waals surface area contributed by atoms with Gasteiger partial charge in [-0.15, -0.1) is 0 Å². The second kappa shape index (κ2) is 4.85. The Labute approximate surface area is 121 Å². The van der Waals surface area contributed by atoms with Gasteiger partial charge in [0.2, 0.25) is 0 Å². The van der Waals surface area contributed by atoms with Crippen molar-refractivity contribution in [3.05, 3.63) is 44.6 Å². The average molecular weight is 288 g/mol. The zero-order chi connectivity index (χ0) is 15.1. The fourth-order valence-electron chi connectivity index (χ4n) is 2.79. The van der Waals surface area contributed by atoms with E-state index >= 15 is 0 Å². The molecule has 0 atom stereocenters. The predicted molar refractivity (Wildman–Crippen MR) is 77.5 cm³/mol. The number of nitrogen functional groups attached to an aromatic ring is 1. The number of nitrogens with two attached hydrogens (primary N) is 1. The molecule has 0 saturated heterocycles. The molecule has 0 aliphatic carbocycles. The lowest BCUT2D eigenvalue weighted by Crippen LogP contribution is -2.14. The molecule has 0 spiro atoms. The molecule has 2 aromatic rings. The lowest BCUT2D eigenvalue weighted by Gasteiger charge is -2.17. The number of hydrogen-bond donors (Lipinski definition) is 1. The summed E-state index contributed by atoms with van der Waals surface area (Å²) in [4.78, 5) is 10.8. The van der Waals surface area contributed by atoms with Gasteiger partial charge >= 0.3 is 0 Å². The van der Waals surface area contributed by atoms with E-state index in [1.165, 1.54) is 6.07 Å². The van der Waals surface area contributed by atoms with Crippen molar-refractivity contribution in [1.29, 1.82) is 0 Å². The zero-order valence-corrected chi connectivity index (χ0v) is 11.9. The molecule has 1 aliphatic heterocycles. The standard InChI is InChI=1S/C14H16N4O3/c1-8-3-4-11(18(19)20)9(2)13(8)17-12-5-6-21-7-10(12)14(15)16-17/h3-4H,5-7H2,1-2H3,(H2,15,16). The molecule has 110 valence electrons. The van der Waals surface area contributed by atoms with Crippen LogP contribution in [0.1, 0.15) is 22.4 Å². The molecule has 0 bridgehead atoms. The van der Waals surface area contributed by atoms with Gasteiger partial charge in [-0.2, -0.15) is 5.10 Å². The third-order valence-electron chi connectivity index (χ3n) is 3.86. The van der Waals surface area contributed by atoms with Crippen molar-refractivity contribution in [2.45, 2.75) is 26.9 Å². The molecule has 0 fully saturated rings. The second-order valence-electron chi connectivity index (χ2n) is 5.16. The van der Waals surface area contributed by atoms with Crippen LogP contribution in [0, 0.1) is 24.0 Å². The van der Waals surface area contributed by atoms with Gasteiger partial charge < -0.3 is 10.5 Å². The minimum Gasteiger partial charge on any atom is -0.382 e. The first-order chi connectivity index (χ1) is 10.0. The molecule has 0 amide bonds. The maximum absolute atomic E-state index is 11.1. The van der Waals surface area contributed by atoms with Gasteiger partial charge in [0.05, 0.1) is 35.1 Å².